The van der Waals surface area contributed by atoms with E-state index in [1.807, 2.05) is 32.3 Å². The smallest absolute Gasteiger partial charge is 0.133 e. The highest BCUT2D eigenvalue weighted by atomic mass is 79.9. The van der Waals surface area contributed by atoms with Crippen LogP contribution in [0.25, 0.3) is 0 Å². The zero-order chi connectivity index (χ0) is 10.6. The molecule has 4 heteroatoms. The van der Waals surface area contributed by atoms with Crippen LogP contribution in [0.15, 0.2) is 27.1 Å². The molecule has 14 heavy (non-hydrogen) atoms. The van der Waals surface area contributed by atoms with Gasteiger partial charge >= 0.3 is 0 Å². The molecular formula is C10H13Br2NO. The van der Waals surface area contributed by atoms with Crippen molar-refractivity contribution in [3.05, 3.63) is 27.1 Å². The Kier molecular flexibility index (Phi) is 4.92. The summed E-state index contributed by atoms with van der Waals surface area (Å²) in [6, 6.07) is 5.89. The van der Waals surface area contributed by atoms with Crippen molar-refractivity contribution in [1.29, 1.82) is 0 Å². The lowest BCUT2D eigenvalue weighted by atomic mass is 10.3. The minimum atomic E-state index is 0.702. The highest BCUT2D eigenvalue weighted by Gasteiger charge is 2.01. The molecule has 0 unspecified atom stereocenters. The van der Waals surface area contributed by atoms with Gasteiger partial charge in [-0.3, -0.25) is 0 Å². The maximum atomic E-state index is 5.59. The van der Waals surface area contributed by atoms with Gasteiger partial charge in [0.25, 0.3) is 0 Å². The zero-order valence-electron chi connectivity index (χ0n) is 8.26. The van der Waals surface area contributed by atoms with Crippen molar-refractivity contribution >= 4 is 31.9 Å². The second kappa shape index (κ2) is 5.73. The van der Waals surface area contributed by atoms with Gasteiger partial charge in [-0.15, -0.1) is 0 Å². The van der Waals surface area contributed by atoms with E-state index in [0.29, 0.717) is 6.61 Å². The van der Waals surface area contributed by atoms with Crippen LogP contribution in [-0.2, 0) is 0 Å². The molecule has 0 N–H and O–H groups in total. The molecule has 1 aromatic carbocycles. The fourth-order valence-electron chi connectivity index (χ4n) is 0.930. The van der Waals surface area contributed by atoms with Crippen LogP contribution in [0.4, 0.5) is 0 Å². The van der Waals surface area contributed by atoms with Gasteiger partial charge in [0.15, 0.2) is 0 Å². The Morgan fingerprint density at radius 2 is 2.00 bits per heavy atom. The Morgan fingerprint density at radius 1 is 1.29 bits per heavy atom. The monoisotopic (exact) mass is 321 g/mol. The second-order valence-corrected chi connectivity index (χ2v) is 5.00. The first kappa shape index (κ1) is 12.0. The summed E-state index contributed by atoms with van der Waals surface area (Å²) in [6.45, 7) is 1.62. The summed E-state index contributed by atoms with van der Waals surface area (Å²) < 4.78 is 7.62. The van der Waals surface area contributed by atoms with Crippen LogP contribution < -0.4 is 4.74 Å². The molecule has 0 bridgehead atoms. The zero-order valence-corrected chi connectivity index (χ0v) is 11.4. The van der Waals surface area contributed by atoms with Crippen molar-refractivity contribution in [3.8, 4) is 5.75 Å². The van der Waals surface area contributed by atoms with Gasteiger partial charge in [-0.1, -0.05) is 15.9 Å². The number of halogens is 2. The number of ether oxygens (including phenoxy) is 1. The van der Waals surface area contributed by atoms with E-state index in [9.17, 15) is 0 Å². The topological polar surface area (TPSA) is 12.5 Å². The average Bonchev–Trinajstić information content (AvgIpc) is 2.08. The van der Waals surface area contributed by atoms with E-state index in [2.05, 4.69) is 36.8 Å². The van der Waals surface area contributed by atoms with Crippen LogP contribution in [0.1, 0.15) is 0 Å². The Labute approximate surface area is 101 Å². The molecule has 0 fully saturated rings. The van der Waals surface area contributed by atoms with Crippen LogP contribution >= 0.6 is 31.9 Å². The number of nitrogens with zero attached hydrogens (tertiary/aromatic N) is 1. The normalized spacial score (nSPS) is 10.6. The standard InChI is InChI=1S/C10H13Br2NO/c1-13(2)5-6-14-10-4-3-8(11)7-9(10)12/h3-4,7H,5-6H2,1-2H3. The second-order valence-electron chi connectivity index (χ2n) is 3.23. The molecule has 0 radical (unpaired) electrons. The highest BCUT2D eigenvalue weighted by molar-refractivity contribution is 9.11. The Hall–Kier alpha value is -0.0600. The first-order chi connectivity index (χ1) is 6.59. The average molecular weight is 323 g/mol. The molecule has 1 aromatic rings. The SMILES string of the molecule is CN(C)CCOc1ccc(Br)cc1Br. The molecule has 0 aromatic heterocycles. The minimum absolute atomic E-state index is 0.702. The summed E-state index contributed by atoms with van der Waals surface area (Å²) >= 11 is 6.84. The van der Waals surface area contributed by atoms with Crippen molar-refractivity contribution in [2.75, 3.05) is 27.2 Å². The molecule has 1 rings (SSSR count). The van der Waals surface area contributed by atoms with Gasteiger partial charge in [-0.2, -0.15) is 0 Å². The molecule has 0 aliphatic heterocycles. The van der Waals surface area contributed by atoms with E-state index in [0.717, 1.165) is 21.2 Å². The molecule has 0 spiro atoms. The predicted molar refractivity (Wildman–Crippen MR) is 65.9 cm³/mol. The largest absolute Gasteiger partial charge is 0.491 e. The fourth-order valence-corrected chi connectivity index (χ4v) is 2.09. The third kappa shape index (κ3) is 3.98. The van der Waals surface area contributed by atoms with Crippen LogP contribution in [0.5, 0.6) is 5.75 Å². The van der Waals surface area contributed by atoms with Crippen molar-refractivity contribution in [2.24, 2.45) is 0 Å². The molecule has 0 heterocycles. The van der Waals surface area contributed by atoms with E-state index in [1.165, 1.54) is 0 Å². The molecule has 78 valence electrons. The number of benzene rings is 1. The lowest BCUT2D eigenvalue weighted by molar-refractivity contribution is 0.260. The Bertz CT molecular complexity index is 302. The van der Waals surface area contributed by atoms with E-state index >= 15 is 0 Å². The van der Waals surface area contributed by atoms with Gasteiger partial charge < -0.3 is 9.64 Å². The first-order valence-electron chi connectivity index (χ1n) is 4.32. The maximum absolute atomic E-state index is 5.59. The fraction of sp³-hybridized carbons (Fsp3) is 0.400. The number of hydrogen-bond acceptors (Lipinski definition) is 2. The third-order valence-electron chi connectivity index (χ3n) is 1.69. The van der Waals surface area contributed by atoms with Gasteiger partial charge in [-0.05, 0) is 48.2 Å². The lowest BCUT2D eigenvalue weighted by Gasteiger charge is -2.12. The third-order valence-corrected chi connectivity index (χ3v) is 2.80. The summed E-state index contributed by atoms with van der Waals surface area (Å²) in [5, 5.41) is 0. The van der Waals surface area contributed by atoms with Crippen molar-refractivity contribution < 1.29 is 4.74 Å². The lowest BCUT2D eigenvalue weighted by Crippen LogP contribution is -2.19. The molecule has 0 aliphatic rings. The van der Waals surface area contributed by atoms with E-state index in [1.54, 1.807) is 0 Å². The van der Waals surface area contributed by atoms with E-state index in [4.69, 9.17) is 4.74 Å². The van der Waals surface area contributed by atoms with Gasteiger partial charge in [0.2, 0.25) is 0 Å². The van der Waals surface area contributed by atoms with Crippen LogP contribution in [0.2, 0.25) is 0 Å². The molecule has 0 amide bonds. The van der Waals surface area contributed by atoms with Gasteiger partial charge in [-0.25, -0.2) is 0 Å². The van der Waals surface area contributed by atoms with Crippen molar-refractivity contribution in [3.63, 3.8) is 0 Å². The van der Waals surface area contributed by atoms with Crippen LogP contribution in [-0.4, -0.2) is 32.1 Å². The van der Waals surface area contributed by atoms with Gasteiger partial charge in [0, 0.05) is 11.0 Å². The van der Waals surface area contributed by atoms with E-state index in [-0.39, 0.29) is 0 Å². The summed E-state index contributed by atoms with van der Waals surface area (Å²) in [5.74, 6) is 0.884. The molecule has 0 aliphatic carbocycles. The molecule has 0 saturated heterocycles. The number of hydrogen-bond donors (Lipinski definition) is 0. The predicted octanol–water partition coefficient (Wildman–Crippen LogP) is 3.15. The molecular weight excluding hydrogens is 310 g/mol. The quantitative estimate of drug-likeness (QED) is 0.844. The van der Waals surface area contributed by atoms with Gasteiger partial charge in [0.1, 0.15) is 12.4 Å². The maximum Gasteiger partial charge on any atom is 0.133 e. The first-order valence-corrected chi connectivity index (χ1v) is 5.91. The highest BCUT2D eigenvalue weighted by Crippen LogP contribution is 2.27. The minimum Gasteiger partial charge on any atom is -0.491 e. The van der Waals surface area contributed by atoms with Gasteiger partial charge in [0.05, 0.1) is 4.47 Å². The Balaban J connectivity index is 2.51. The Morgan fingerprint density at radius 3 is 2.57 bits per heavy atom. The summed E-state index contributed by atoms with van der Waals surface area (Å²) in [5.41, 5.74) is 0. The number of rotatable bonds is 4. The molecule has 0 atom stereocenters. The van der Waals surface area contributed by atoms with Crippen molar-refractivity contribution in [2.45, 2.75) is 0 Å². The van der Waals surface area contributed by atoms with Crippen molar-refractivity contribution in [1.82, 2.24) is 4.90 Å². The summed E-state index contributed by atoms with van der Waals surface area (Å²) in [7, 11) is 4.06. The molecule has 2 nitrogen and oxygen atoms in total. The summed E-state index contributed by atoms with van der Waals surface area (Å²) in [4.78, 5) is 2.09. The number of likely N-dealkylation sites (N-methyl/N-ethyl adjacent to an activating group) is 1. The summed E-state index contributed by atoms with van der Waals surface area (Å²) in [6.07, 6.45) is 0. The van der Waals surface area contributed by atoms with E-state index < -0.39 is 0 Å². The molecule has 0 saturated carbocycles. The van der Waals surface area contributed by atoms with Crippen LogP contribution in [0.3, 0.4) is 0 Å². The van der Waals surface area contributed by atoms with Crippen LogP contribution in [0, 0.1) is 0 Å².